The Labute approximate surface area is 92.0 Å². The highest BCUT2D eigenvalue weighted by Crippen LogP contribution is 2.59. The molecular formula is C8H7ClF6O. The second-order valence-electron chi connectivity index (χ2n) is 3.19. The molecule has 0 spiro atoms. The fraction of sp³-hybridized carbons (Fsp3) is 0.750. The van der Waals surface area contributed by atoms with Gasteiger partial charge in [0.1, 0.15) is 0 Å². The van der Waals surface area contributed by atoms with Crippen LogP contribution in [0.15, 0.2) is 10.6 Å². The van der Waals surface area contributed by atoms with Crippen LogP contribution in [0.1, 0.15) is 13.3 Å². The number of ether oxygens (including phenoxy) is 1. The second-order valence-corrected chi connectivity index (χ2v) is 3.57. The minimum absolute atomic E-state index is 0.431. The fourth-order valence-electron chi connectivity index (χ4n) is 1.25. The van der Waals surface area contributed by atoms with Crippen molar-refractivity contribution in [2.75, 3.05) is 6.61 Å². The van der Waals surface area contributed by atoms with Crippen molar-refractivity contribution < 1.29 is 31.1 Å². The average molecular weight is 269 g/mol. The lowest BCUT2D eigenvalue weighted by molar-refractivity contribution is -0.249. The number of alkyl halides is 6. The molecule has 0 bridgehead atoms. The van der Waals surface area contributed by atoms with E-state index in [0.29, 0.717) is 0 Å². The first-order valence-electron chi connectivity index (χ1n) is 4.23. The van der Waals surface area contributed by atoms with E-state index in [1.807, 2.05) is 0 Å². The smallest absolute Gasteiger partial charge is 0.321 e. The fourth-order valence-corrected chi connectivity index (χ4v) is 1.55. The molecule has 94 valence electrons. The van der Waals surface area contributed by atoms with Gasteiger partial charge in [-0.3, -0.25) is 0 Å². The molecule has 0 saturated carbocycles. The lowest BCUT2D eigenvalue weighted by Gasteiger charge is -2.39. The summed E-state index contributed by atoms with van der Waals surface area (Å²) in [5.74, 6) is -9.20. The molecule has 0 radical (unpaired) electrons. The van der Waals surface area contributed by atoms with Crippen LogP contribution in [-0.4, -0.2) is 24.6 Å². The summed E-state index contributed by atoms with van der Waals surface area (Å²) in [5.41, 5.74) is -1.47. The van der Waals surface area contributed by atoms with Gasteiger partial charge < -0.3 is 4.74 Å². The molecule has 0 aromatic rings. The Balaban J connectivity index is 2.89. The molecule has 0 aromatic carbocycles. The van der Waals surface area contributed by atoms with Crippen LogP contribution in [0.5, 0.6) is 0 Å². The van der Waals surface area contributed by atoms with Crippen LogP contribution in [-0.2, 0) is 4.74 Å². The average Bonchev–Trinajstić information content (AvgIpc) is 2.12. The maximum absolute atomic E-state index is 12.8. The molecule has 16 heavy (non-hydrogen) atoms. The summed E-state index contributed by atoms with van der Waals surface area (Å²) in [5, 5.41) is -1.53. The van der Waals surface area contributed by atoms with E-state index in [9.17, 15) is 26.3 Å². The minimum Gasteiger partial charge on any atom is -0.321 e. The van der Waals surface area contributed by atoms with E-state index >= 15 is 0 Å². The molecule has 1 aliphatic rings. The third-order valence-electron chi connectivity index (χ3n) is 2.05. The van der Waals surface area contributed by atoms with Gasteiger partial charge in [-0.1, -0.05) is 11.6 Å². The monoisotopic (exact) mass is 268 g/mol. The van der Waals surface area contributed by atoms with Gasteiger partial charge in [-0.05, 0) is 6.92 Å². The molecule has 0 N–H and O–H groups in total. The summed E-state index contributed by atoms with van der Waals surface area (Å²) in [6, 6.07) is 0. The van der Waals surface area contributed by atoms with Gasteiger partial charge in [-0.25, -0.2) is 0 Å². The highest BCUT2D eigenvalue weighted by Gasteiger charge is 2.71. The predicted molar refractivity (Wildman–Crippen MR) is 44.0 cm³/mol. The molecule has 0 aromatic heterocycles. The maximum atomic E-state index is 12.8. The number of halogens is 7. The highest BCUT2D eigenvalue weighted by molar-refractivity contribution is 6.32. The Bertz CT molecular complexity index is 324. The summed E-state index contributed by atoms with van der Waals surface area (Å²) in [7, 11) is 0. The Kier molecular flexibility index (Phi) is 3.24. The van der Waals surface area contributed by atoms with Crippen molar-refractivity contribution in [3.05, 3.63) is 10.6 Å². The van der Waals surface area contributed by atoms with Gasteiger partial charge in [0, 0.05) is 5.57 Å². The normalized spacial score (nSPS) is 23.2. The SMILES string of the molecule is CCOC(F)(F)CC1=C(Cl)C(F)(F)C1(F)F. The summed E-state index contributed by atoms with van der Waals surface area (Å²) >= 11 is 4.86. The molecule has 0 amide bonds. The van der Waals surface area contributed by atoms with E-state index in [-0.39, 0.29) is 0 Å². The third-order valence-corrected chi connectivity index (χ3v) is 2.52. The van der Waals surface area contributed by atoms with Crippen molar-refractivity contribution in [3.63, 3.8) is 0 Å². The van der Waals surface area contributed by atoms with Crippen LogP contribution >= 0.6 is 11.6 Å². The summed E-state index contributed by atoms with van der Waals surface area (Å²) in [6.07, 6.45) is -5.56. The Morgan fingerprint density at radius 3 is 2.06 bits per heavy atom. The molecule has 0 fully saturated rings. The third kappa shape index (κ3) is 1.90. The Morgan fingerprint density at radius 2 is 1.69 bits per heavy atom. The lowest BCUT2D eigenvalue weighted by atomic mass is 9.86. The largest absolute Gasteiger partial charge is 0.359 e. The number of rotatable bonds is 4. The molecule has 1 rings (SSSR count). The van der Waals surface area contributed by atoms with Gasteiger partial charge in [0.2, 0.25) is 0 Å². The van der Waals surface area contributed by atoms with E-state index in [1.165, 1.54) is 6.92 Å². The van der Waals surface area contributed by atoms with Crippen molar-refractivity contribution in [3.8, 4) is 0 Å². The van der Waals surface area contributed by atoms with Crippen molar-refractivity contribution in [2.45, 2.75) is 31.3 Å². The van der Waals surface area contributed by atoms with E-state index in [4.69, 9.17) is 11.6 Å². The Hall–Kier alpha value is -0.430. The molecule has 1 nitrogen and oxygen atoms in total. The van der Waals surface area contributed by atoms with E-state index in [1.54, 1.807) is 0 Å². The zero-order valence-electron chi connectivity index (χ0n) is 7.97. The topological polar surface area (TPSA) is 9.23 Å². The molecule has 1 aliphatic carbocycles. The lowest BCUT2D eigenvalue weighted by Crippen LogP contribution is -2.53. The van der Waals surface area contributed by atoms with Gasteiger partial charge in [0.05, 0.1) is 18.1 Å². The van der Waals surface area contributed by atoms with E-state index < -0.39 is 41.6 Å². The molecule has 8 heteroatoms. The van der Waals surface area contributed by atoms with Gasteiger partial charge in [-0.15, -0.1) is 0 Å². The van der Waals surface area contributed by atoms with E-state index in [2.05, 4.69) is 4.74 Å². The maximum Gasteiger partial charge on any atom is 0.359 e. The predicted octanol–water partition coefficient (Wildman–Crippen LogP) is 3.78. The van der Waals surface area contributed by atoms with Crippen molar-refractivity contribution >= 4 is 11.6 Å². The molecular weight excluding hydrogens is 262 g/mol. The van der Waals surface area contributed by atoms with Crippen LogP contribution in [0.2, 0.25) is 0 Å². The van der Waals surface area contributed by atoms with Gasteiger partial charge in [-0.2, -0.15) is 26.3 Å². The van der Waals surface area contributed by atoms with Crippen molar-refractivity contribution in [1.82, 2.24) is 0 Å². The first-order valence-corrected chi connectivity index (χ1v) is 4.61. The Morgan fingerprint density at radius 1 is 1.19 bits per heavy atom. The second kappa shape index (κ2) is 3.80. The summed E-state index contributed by atoms with van der Waals surface area (Å²) < 4.78 is 79.8. The molecule has 0 saturated heterocycles. The van der Waals surface area contributed by atoms with Crippen LogP contribution in [0.25, 0.3) is 0 Å². The number of hydrogen-bond acceptors (Lipinski definition) is 1. The van der Waals surface area contributed by atoms with Crippen LogP contribution in [0.3, 0.4) is 0 Å². The van der Waals surface area contributed by atoms with Gasteiger partial charge in [0.15, 0.2) is 0 Å². The number of allylic oxidation sites excluding steroid dienone is 1. The molecule has 0 aliphatic heterocycles. The zero-order valence-corrected chi connectivity index (χ0v) is 8.72. The highest BCUT2D eigenvalue weighted by atomic mass is 35.5. The van der Waals surface area contributed by atoms with E-state index in [0.717, 1.165) is 0 Å². The van der Waals surface area contributed by atoms with Crippen LogP contribution < -0.4 is 0 Å². The zero-order chi connectivity index (χ0) is 12.8. The molecule has 0 unspecified atom stereocenters. The number of hydrogen-bond donors (Lipinski definition) is 0. The first-order chi connectivity index (χ1) is 7.06. The minimum atomic E-state index is -4.63. The first kappa shape index (κ1) is 13.6. The van der Waals surface area contributed by atoms with Gasteiger partial charge >= 0.3 is 18.0 Å². The van der Waals surface area contributed by atoms with Gasteiger partial charge in [0.25, 0.3) is 0 Å². The van der Waals surface area contributed by atoms with Crippen LogP contribution in [0.4, 0.5) is 26.3 Å². The standard InChI is InChI=1S/C8H7ClF6O/c1-2-16-6(10,11)3-4-5(9)8(14,15)7(4,12)13/h2-3H2,1H3. The summed E-state index contributed by atoms with van der Waals surface area (Å²) in [4.78, 5) is 0. The van der Waals surface area contributed by atoms with Crippen molar-refractivity contribution in [2.24, 2.45) is 0 Å². The van der Waals surface area contributed by atoms with Crippen molar-refractivity contribution in [1.29, 1.82) is 0 Å². The van der Waals surface area contributed by atoms with Crippen LogP contribution in [0, 0.1) is 0 Å². The molecule has 0 atom stereocenters. The molecule has 0 heterocycles. The summed E-state index contributed by atoms with van der Waals surface area (Å²) in [6.45, 7) is 0.789. The quantitative estimate of drug-likeness (QED) is 0.705.